The Hall–Kier alpha value is -1.36. The smallest absolute Gasteiger partial charge is 0.315 e. The summed E-state index contributed by atoms with van der Waals surface area (Å²) < 4.78 is 2.90. The van der Waals surface area contributed by atoms with Gasteiger partial charge in [0.05, 0.1) is 0 Å². The molecular formula is C15H27N3O2. The largest absolute Gasteiger partial charge is 0.331 e. The number of rotatable bonds is 7. The number of nitrogens with one attached hydrogen (secondary N) is 1. The maximum Gasteiger partial charge on any atom is 0.331 e. The average Bonchev–Trinajstić information content (AvgIpc) is 2.35. The highest BCUT2D eigenvalue weighted by Crippen LogP contribution is 2.16. The Morgan fingerprint density at radius 3 is 2.45 bits per heavy atom. The van der Waals surface area contributed by atoms with Crippen molar-refractivity contribution >= 4 is 0 Å². The molecule has 0 aliphatic heterocycles. The third kappa shape index (κ3) is 5.33. The van der Waals surface area contributed by atoms with Crippen LogP contribution in [0.15, 0.2) is 21.9 Å². The zero-order valence-corrected chi connectivity index (χ0v) is 13.1. The van der Waals surface area contributed by atoms with E-state index in [4.69, 9.17) is 0 Å². The molecule has 0 aliphatic carbocycles. The highest BCUT2D eigenvalue weighted by Gasteiger charge is 2.09. The molecule has 5 heteroatoms. The summed E-state index contributed by atoms with van der Waals surface area (Å²) in [5.74, 6) is 0. The lowest BCUT2D eigenvalue weighted by molar-refractivity contribution is 0.364. The van der Waals surface area contributed by atoms with Gasteiger partial charge in [0.15, 0.2) is 0 Å². The van der Waals surface area contributed by atoms with Crippen LogP contribution in [0.25, 0.3) is 0 Å². The molecule has 5 nitrogen and oxygen atoms in total. The van der Waals surface area contributed by atoms with Crippen molar-refractivity contribution in [3.05, 3.63) is 33.1 Å². The second-order valence-electron chi connectivity index (χ2n) is 6.34. The Balaban J connectivity index is 2.58. The lowest BCUT2D eigenvalue weighted by Crippen LogP contribution is -2.41. The number of hydrogen-bond acceptors (Lipinski definition) is 3. The monoisotopic (exact) mass is 281 g/mol. The molecule has 1 aromatic heterocycles. The normalized spacial score (nSPS) is 11.8. The maximum absolute atomic E-state index is 12.1. The van der Waals surface area contributed by atoms with Crippen molar-refractivity contribution in [1.82, 2.24) is 14.5 Å². The topological polar surface area (TPSA) is 56.0 Å². The first-order chi connectivity index (χ1) is 9.35. The minimum absolute atomic E-state index is 0.211. The molecule has 0 radical (unpaired) electrons. The molecular weight excluding hydrogens is 254 g/mol. The van der Waals surface area contributed by atoms with Gasteiger partial charge in [-0.05, 0) is 24.8 Å². The zero-order valence-electron chi connectivity index (χ0n) is 13.1. The quantitative estimate of drug-likeness (QED) is 0.770. The highest BCUT2D eigenvalue weighted by atomic mass is 16.2. The standard InChI is InChI=1S/C15H27N3O2/c1-5-10-17-11-6-13(19)18(14(17)20)12-9-16-8-7-15(2,3)4/h6,11,16H,5,7-10,12H2,1-4H3. The van der Waals surface area contributed by atoms with E-state index in [0.29, 0.717) is 25.0 Å². The van der Waals surface area contributed by atoms with Gasteiger partial charge in [-0.1, -0.05) is 27.7 Å². The number of hydrogen-bond donors (Lipinski definition) is 1. The van der Waals surface area contributed by atoms with Crippen LogP contribution in [-0.2, 0) is 13.1 Å². The Morgan fingerprint density at radius 1 is 1.15 bits per heavy atom. The SMILES string of the molecule is CCCn1ccc(=O)n(CCNCCC(C)(C)C)c1=O. The molecule has 114 valence electrons. The van der Waals surface area contributed by atoms with E-state index in [9.17, 15) is 9.59 Å². The zero-order chi connectivity index (χ0) is 15.2. The van der Waals surface area contributed by atoms with Crippen LogP contribution < -0.4 is 16.6 Å². The summed E-state index contributed by atoms with van der Waals surface area (Å²) in [6, 6.07) is 1.46. The van der Waals surface area contributed by atoms with E-state index < -0.39 is 0 Å². The molecule has 0 aliphatic rings. The van der Waals surface area contributed by atoms with E-state index in [2.05, 4.69) is 26.1 Å². The van der Waals surface area contributed by atoms with Crippen LogP contribution in [0.1, 0.15) is 40.5 Å². The Kier molecular flexibility index (Phi) is 6.20. The Labute approximate surface area is 120 Å². The summed E-state index contributed by atoms with van der Waals surface area (Å²) in [6.07, 6.45) is 3.52. The van der Waals surface area contributed by atoms with Crippen molar-refractivity contribution in [2.24, 2.45) is 5.41 Å². The molecule has 0 amide bonds. The molecule has 1 N–H and O–H groups in total. The highest BCUT2D eigenvalue weighted by molar-refractivity contribution is 4.86. The maximum atomic E-state index is 12.1. The number of aryl methyl sites for hydroxylation is 1. The Bertz CT molecular complexity index is 523. The van der Waals surface area contributed by atoms with Gasteiger partial charge in [-0.2, -0.15) is 0 Å². The van der Waals surface area contributed by atoms with Crippen LogP contribution >= 0.6 is 0 Å². The van der Waals surface area contributed by atoms with Crippen LogP contribution in [0.5, 0.6) is 0 Å². The fraction of sp³-hybridized carbons (Fsp3) is 0.733. The van der Waals surface area contributed by atoms with Crippen LogP contribution in [-0.4, -0.2) is 22.2 Å². The first-order valence-corrected chi connectivity index (χ1v) is 7.36. The minimum Gasteiger partial charge on any atom is -0.315 e. The van der Waals surface area contributed by atoms with E-state index >= 15 is 0 Å². The van der Waals surface area contributed by atoms with Gasteiger partial charge in [-0.3, -0.25) is 9.36 Å². The molecule has 20 heavy (non-hydrogen) atoms. The second kappa shape index (κ2) is 7.43. The lowest BCUT2D eigenvalue weighted by atomic mass is 9.92. The fourth-order valence-corrected chi connectivity index (χ4v) is 1.95. The molecule has 0 fully saturated rings. The molecule has 0 aromatic carbocycles. The lowest BCUT2D eigenvalue weighted by Gasteiger charge is -2.18. The Morgan fingerprint density at radius 2 is 1.85 bits per heavy atom. The molecule has 0 spiro atoms. The number of aromatic nitrogens is 2. The summed E-state index contributed by atoms with van der Waals surface area (Å²) >= 11 is 0. The van der Waals surface area contributed by atoms with E-state index in [1.165, 1.54) is 10.6 Å². The number of nitrogens with zero attached hydrogens (tertiary/aromatic N) is 2. The molecule has 0 atom stereocenters. The van der Waals surface area contributed by atoms with Crippen molar-refractivity contribution in [3.63, 3.8) is 0 Å². The van der Waals surface area contributed by atoms with Gasteiger partial charge in [0, 0.05) is 31.9 Å². The van der Waals surface area contributed by atoms with Crippen LogP contribution in [0, 0.1) is 5.41 Å². The van der Waals surface area contributed by atoms with E-state index in [0.717, 1.165) is 19.4 Å². The van der Waals surface area contributed by atoms with Crippen molar-refractivity contribution in [1.29, 1.82) is 0 Å². The molecule has 1 rings (SSSR count). The van der Waals surface area contributed by atoms with Crippen molar-refractivity contribution in [2.45, 2.75) is 53.6 Å². The van der Waals surface area contributed by atoms with E-state index in [1.54, 1.807) is 10.8 Å². The average molecular weight is 281 g/mol. The third-order valence-electron chi connectivity index (χ3n) is 3.17. The van der Waals surface area contributed by atoms with Crippen LogP contribution in [0.4, 0.5) is 0 Å². The van der Waals surface area contributed by atoms with Crippen molar-refractivity contribution in [3.8, 4) is 0 Å². The van der Waals surface area contributed by atoms with E-state index in [-0.39, 0.29) is 11.2 Å². The van der Waals surface area contributed by atoms with Gasteiger partial charge in [-0.25, -0.2) is 4.79 Å². The van der Waals surface area contributed by atoms with Gasteiger partial charge in [0.1, 0.15) is 0 Å². The van der Waals surface area contributed by atoms with Gasteiger partial charge < -0.3 is 9.88 Å². The molecule has 1 aromatic rings. The summed E-state index contributed by atoms with van der Waals surface area (Å²) in [5, 5.41) is 3.29. The first kappa shape index (κ1) is 16.7. The second-order valence-corrected chi connectivity index (χ2v) is 6.34. The van der Waals surface area contributed by atoms with Crippen LogP contribution in [0.2, 0.25) is 0 Å². The predicted octanol–water partition coefficient (Wildman–Crippen LogP) is 1.45. The summed E-state index contributed by atoms with van der Waals surface area (Å²) in [7, 11) is 0. The molecule has 1 heterocycles. The molecule has 0 bridgehead atoms. The molecule has 0 unspecified atom stereocenters. The van der Waals surface area contributed by atoms with E-state index in [1.807, 2.05) is 6.92 Å². The predicted molar refractivity (Wildman–Crippen MR) is 82.2 cm³/mol. The van der Waals surface area contributed by atoms with Crippen LogP contribution in [0.3, 0.4) is 0 Å². The fourth-order valence-electron chi connectivity index (χ4n) is 1.95. The van der Waals surface area contributed by atoms with Crippen molar-refractivity contribution < 1.29 is 0 Å². The third-order valence-corrected chi connectivity index (χ3v) is 3.17. The van der Waals surface area contributed by atoms with Gasteiger partial charge in [-0.15, -0.1) is 0 Å². The van der Waals surface area contributed by atoms with Gasteiger partial charge in [0.25, 0.3) is 5.56 Å². The van der Waals surface area contributed by atoms with Gasteiger partial charge in [0.2, 0.25) is 0 Å². The summed E-state index contributed by atoms with van der Waals surface area (Å²) in [5.41, 5.74) is -0.137. The van der Waals surface area contributed by atoms with Crippen molar-refractivity contribution in [2.75, 3.05) is 13.1 Å². The summed E-state index contributed by atoms with van der Waals surface area (Å²) in [4.78, 5) is 23.8. The molecule has 0 saturated carbocycles. The first-order valence-electron chi connectivity index (χ1n) is 7.36. The summed E-state index contributed by atoms with van der Waals surface area (Å²) in [6.45, 7) is 11.2. The molecule has 0 saturated heterocycles. The van der Waals surface area contributed by atoms with Gasteiger partial charge >= 0.3 is 5.69 Å². The minimum atomic E-state index is -0.222.